The smallest absolute Gasteiger partial charge is 0.341 e. The Bertz CT molecular complexity index is 599. The third-order valence-corrected chi connectivity index (χ3v) is 2.64. The number of halogens is 1. The van der Waals surface area contributed by atoms with Crippen LogP contribution in [0, 0.1) is 0 Å². The average Bonchev–Trinajstić information content (AvgIpc) is 2.31. The second-order valence-electron chi connectivity index (χ2n) is 3.56. The van der Waals surface area contributed by atoms with Gasteiger partial charge in [0.05, 0.1) is 5.02 Å². The summed E-state index contributed by atoms with van der Waals surface area (Å²) < 4.78 is 5.49. The molecular formula is C13H10ClNO3. The van der Waals surface area contributed by atoms with Gasteiger partial charge in [0.25, 0.3) is 0 Å². The molecule has 0 amide bonds. The number of ether oxygens (including phenoxy) is 1. The predicted octanol–water partition coefficient (Wildman–Crippen LogP) is 3.41. The lowest BCUT2D eigenvalue weighted by molar-refractivity contribution is 0.0695. The Hall–Kier alpha value is -2.20. The maximum atomic E-state index is 11.1. The second kappa shape index (κ2) is 4.98. The molecule has 0 aliphatic rings. The second-order valence-corrected chi connectivity index (χ2v) is 3.97. The summed E-state index contributed by atoms with van der Waals surface area (Å²) in [4.78, 5) is 11.1. The van der Waals surface area contributed by atoms with Crippen LogP contribution in [0.3, 0.4) is 0 Å². The molecule has 0 atom stereocenters. The number of carbonyl (C=O) groups is 1. The van der Waals surface area contributed by atoms with Crippen LogP contribution in [0.15, 0.2) is 42.5 Å². The zero-order valence-electron chi connectivity index (χ0n) is 9.26. The van der Waals surface area contributed by atoms with E-state index in [0.29, 0.717) is 10.8 Å². The molecule has 0 fully saturated rings. The number of nitrogen functional groups attached to an aromatic ring is 1. The third kappa shape index (κ3) is 2.38. The molecule has 0 heterocycles. The number of hydrogen-bond acceptors (Lipinski definition) is 3. The highest BCUT2D eigenvalue weighted by Crippen LogP contribution is 2.32. The van der Waals surface area contributed by atoms with Crippen LogP contribution in [0.5, 0.6) is 11.5 Å². The monoisotopic (exact) mass is 263 g/mol. The third-order valence-electron chi connectivity index (χ3n) is 2.33. The van der Waals surface area contributed by atoms with E-state index in [1.54, 1.807) is 30.3 Å². The van der Waals surface area contributed by atoms with Crippen LogP contribution in [0.4, 0.5) is 5.69 Å². The summed E-state index contributed by atoms with van der Waals surface area (Å²) in [6.45, 7) is 0. The fourth-order valence-electron chi connectivity index (χ4n) is 1.51. The van der Waals surface area contributed by atoms with Crippen molar-refractivity contribution in [1.29, 1.82) is 0 Å². The van der Waals surface area contributed by atoms with E-state index >= 15 is 0 Å². The summed E-state index contributed by atoms with van der Waals surface area (Å²) in [5.41, 5.74) is 5.69. The minimum Gasteiger partial charge on any atom is -0.477 e. The number of hydrogen-bond donors (Lipinski definition) is 2. The maximum absolute atomic E-state index is 11.1. The van der Waals surface area contributed by atoms with E-state index in [9.17, 15) is 4.79 Å². The van der Waals surface area contributed by atoms with Crippen LogP contribution in [-0.4, -0.2) is 11.1 Å². The molecule has 2 aromatic carbocycles. The number of benzene rings is 2. The highest BCUT2D eigenvalue weighted by atomic mass is 35.5. The summed E-state index contributed by atoms with van der Waals surface area (Å²) in [5, 5.41) is 9.50. The first-order chi connectivity index (χ1) is 8.59. The number of aromatic carboxylic acids is 1. The molecule has 0 aromatic heterocycles. The number of nitrogens with two attached hydrogens (primary N) is 1. The molecule has 2 aromatic rings. The minimum absolute atomic E-state index is 0.0718. The molecule has 92 valence electrons. The van der Waals surface area contributed by atoms with E-state index in [1.807, 2.05) is 0 Å². The van der Waals surface area contributed by atoms with Gasteiger partial charge in [-0.05, 0) is 24.3 Å². The van der Waals surface area contributed by atoms with E-state index in [4.69, 9.17) is 27.2 Å². The van der Waals surface area contributed by atoms with E-state index in [2.05, 4.69) is 0 Å². The molecule has 0 unspecified atom stereocenters. The zero-order valence-corrected chi connectivity index (χ0v) is 10.0. The molecule has 0 aliphatic heterocycles. The zero-order chi connectivity index (χ0) is 13.1. The van der Waals surface area contributed by atoms with Gasteiger partial charge in [0.1, 0.15) is 17.1 Å². The van der Waals surface area contributed by atoms with Crippen LogP contribution in [0.25, 0.3) is 0 Å². The first kappa shape index (κ1) is 12.3. The average molecular weight is 264 g/mol. The molecule has 5 heteroatoms. The van der Waals surface area contributed by atoms with Crippen molar-refractivity contribution in [1.82, 2.24) is 0 Å². The van der Waals surface area contributed by atoms with E-state index in [1.165, 1.54) is 12.1 Å². The Labute approximate surface area is 109 Å². The van der Waals surface area contributed by atoms with Gasteiger partial charge >= 0.3 is 5.97 Å². The standard InChI is InChI=1S/C13H10ClNO3/c14-8-4-1-2-6-10(8)18-11-7-3-5-9(15)12(11)13(16)17/h1-7H,15H2,(H,16,17). The van der Waals surface area contributed by atoms with Crippen molar-refractivity contribution in [2.24, 2.45) is 0 Å². The van der Waals surface area contributed by atoms with Gasteiger partial charge in [0.2, 0.25) is 0 Å². The van der Waals surface area contributed by atoms with E-state index < -0.39 is 5.97 Å². The Morgan fingerprint density at radius 3 is 2.44 bits per heavy atom. The van der Waals surface area contributed by atoms with Crippen LogP contribution in [-0.2, 0) is 0 Å². The molecule has 3 N–H and O–H groups in total. The van der Waals surface area contributed by atoms with Crippen molar-refractivity contribution in [2.75, 3.05) is 5.73 Å². The first-order valence-electron chi connectivity index (χ1n) is 5.14. The Kier molecular flexibility index (Phi) is 3.39. The van der Waals surface area contributed by atoms with Gasteiger partial charge in [-0.15, -0.1) is 0 Å². The molecule has 2 rings (SSSR count). The highest BCUT2D eigenvalue weighted by Gasteiger charge is 2.16. The number of carboxylic acid groups (broad SMARTS) is 1. The Balaban J connectivity index is 2.44. The molecule has 0 aliphatic carbocycles. The Morgan fingerprint density at radius 2 is 1.78 bits per heavy atom. The molecular weight excluding hydrogens is 254 g/mol. The van der Waals surface area contributed by atoms with Gasteiger partial charge in [-0.1, -0.05) is 29.8 Å². The van der Waals surface area contributed by atoms with Gasteiger partial charge in [-0.2, -0.15) is 0 Å². The number of anilines is 1. The van der Waals surface area contributed by atoms with Crippen molar-refractivity contribution in [2.45, 2.75) is 0 Å². The molecule has 18 heavy (non-hydrogen) atoms. The lowest BCUT2D eigenvalue weighted by atomic mass is 10.1. The number of carboxylic acids is 1. The van der Waals surface area contributed by atoms with Crippen molar-refractivity contribution < 1.29 is 14.6 Å². The van der Waals surface area contributed by atoms with Crippen LogP contribution < -0.4 is 10.5 Å². The summed E-state index contributed by atoms with van der Waals surface area (Å²) >= 11 is 5.94. The van der Waals surface area contributed by atoms with Crippen molar-refractivity contribution >= 4 is 23.3 Å². The van der Waals surface area contributed by atoms with Crippen LogP contribution >= 0.6 is 11.6 Å². The molecule has 0 bridgehead atoms. The van der Waals surface area contributed by atoms with Gasteiger partial charge in [-0.3, -0.25) is 0 Å². The molecule has 0 saturated heterocycles. The summed E-state index contributed by atoms with van der Waals surface area (Å²) in [6.07, 6.45) is 0. The fraction of sp³-hybridized carbons (Fsp3) is 0. The minimum atomic E-state index is -1.14. The van der Waals surface area contributed by atoms with Gasteiger partial charge in [0, 0.05) is 5.69 Å². The van der Waals surface area contributed by atoms with Crippen molar-refractivity contribution in [3.05, 3.63) is 53.1 Å². The topological polar surface area (TPSA) is 72.5 Å². The summed E-state index contributed by atoms with van der Waals surface area (Å²) in [6, 6.07) is 11.5. The van der Waals surface area contributed by atoms with Crippen LogP contribution in [0.2, 0.25) is 5.02 Å². The normalized spacial score (nSPS) is 10.1. The van der Waals surface area contributed by atoms with E-state index in [-0.39, 0.29) is 17.0 Å². The van der Waals surface area contributed by atoms with Crippen molar-refractivity contribution in [3.8, 4) is 11.5 Å². The summed E-state index contributed by atoms with van der Waals surface area (Å²) in [5.74, 6) is -0.599. The first-order valence-corrected chi connectivity index (χ1v) is 5.51. The Morgan fingerprint density at radius 1 is 1.11 bits per heavy atom. The molecule has 4 nitrogen and oxygen atoms in total. The van der Waals surface area contributed by atoms with E-state index in [0.717, 1.165) is 0 Å². The van der Waals surface area contributed by atoms with Gasteiger partial charge in [-0.25, -0.2) is 4.79 Å². The SMILES string of the molecule is Nc1cccc(Oc2ccccc2Cl)c1C(=O)O. The van der Waals surface area contributed by atoms with Crippen LogP contribution in [0.1, 0.15) is 10.4 Å². The number of para-hydroxylation sites is 1. The highest BCUT2D eigenvalue weighted by molar-refractivity contribution is 6.32. The summed E-state index contributed by atoms with van der Waals surface area (Å²) in [7, 11) is 0. The van der Waals surface area contributed by atoms with Crippen molar-refractivity contribution in [3.63, 3.8) is 0 Å². The van der Waals surface area contributed by atoms with Gasteiger partial charge in [0.15, 0.2) is 0 Å². The van der Waals surface area contributed by atoms with Gasteiger partial charge < -0.3 is 15.6 Å². The lowest BCUT2D eigenvalue weighted by Gasteiger charge is -2.11. The molecule has 0 spiro atoms. The quantitative estimate of drug-likeness (QED) is 0.833. The fourth-order valence-corrected chi connectivity index (χ4v) is 1.68. The number of rotatable bonds is 3. The largest absolute Gasteiger partial charge is 0.477 e. The molecule has 0 saturated carbocycles. The molecule has 0 radical (unpaired) electrons. The predicted molar refractivity (Wildman–Crippen MR) is 69.3 cm³/mol. The maximum Gasteiger partial charge on any atom is 0.341 e. The lowest BCUT2D eigenvalue weighted by Crippen LogP contribution is -2.04.